The Kier molecular flexibility index (Phi) is 6.38. The van der Waals surface area contributed by atoms with Crippen molar-refractivity contribution in [2.24, 2.45) is 7.05 Å². The van der Waals surface area contributed by atoms with Gasteiger partial charge in [-0.1, -0.05) is 39.5 Å². The molecule has 0 unspecified atom stereocenters. The maximum atomic E-state index is 4.81. The number of hydrogen-bond donors (Lipinski definition) is 2. The van der Waals surface area contributed by atoms with Gasteiger partial charge in [-0.05, 0) is 48.6 Å². The standard InChI is InChI=1S/C26H32N8/c1-17(2)18-13-25(32-28-15-18)31-24-11-10-22-23(30-24)12-19(14-27-22)21-16-34(3)33-26(21)29-20-8-6-4-5-7-9-20/h10-17,20H,4-9H2,1-3H3,(H,29,33)(H,30,31,32). The molecule has 5 rings (SSSR count). The average molecular weight is 457 g/mol. The number of nitrogens with one attached hydrogen (secondary N) is 2. The summed E-state index contributed by atoms with van der Waals surface area (Å²) in [5.41, 5.74) is 4.85. The van der Waals surface area contributed by atoms with Crippen LogP contribution in [-0.4, -0.2) is 36.0 Å². The van der Waals surface area contributed by atoms with E-state index in [9.17, 15) is 0 Å². The summed E-state index contributed by atoms with van der Waals surface area (Å²) in [7, 11) is 1.96. The van der Waals surface area contributed by atoms with E-state index in [4.69, 9.17) is 10.1 Å². The molecule has 4 heterocycles. The second-order valence-electron chi connectivity index (χ2n) is 9.51. The van der Waals surface area contributed by atoms with Crippen molar-refractivity contribution in [3.05, 3.63) is 48.4 Å². The summed E-state index contributed by atoms with van der Waals surface area (Å²) >= 11 is 0. The fourth-order valence-electron chi connectivity index (χ4n) is 4.54. The lowest BCUT2D eigenvalue weighted by Gasteiger charge is -2.17. The summed E-state index contributed by atoms with van der Waals surface area (Å²) in [5.74, 6) is 2.70. The molecule has 0 amide bonds. The van der Waals surface area contributed by atoms with Crippen LogP contribution in [0.5, 0.6) is 0 Å². The van der Waals surface area contributed by atoms with E-state index in [0.717, 1.165) is 33.5 Å². The van der Waals surface area contributed by atoms with E-state index >= 15 is 0 Å². The molecule has 1 aliphatic rings. The number of rotatable bonds is 6. The lowest BCUT2D eigenvalue weighted by molar-refractivity contribution is 0.615. The van der Waals surface area contributed by atoms with Gasteiger partial charge in [-0.2, -0.15) is 10.2 Å². The highest BCUT2D eigenvalue weighted by atomic mass is 15.3. The van der Waals surface area contributed by atoms with Crippen LogP contribution in [0.3, 0.4) is 0 Å². The van der Waals surface area contributed by atoms with Crippen LogP contribution in [0, 0.1) is 0 Å². The van der Waals surface area contributed by atoms with E-state index in [1.54, 1.807) is 6.20 Å². The van der Waals surface area contributed by atoms with Crippen LogP contribution in [0.4, 0.5) is 17.5 Å². The molecule has 2 N–H and O–H groups in total. The van der Waals surface area contributed by atoms with Crippen molar-refractivity contribution in [2.75, 3.05) is 10.6 Å². The SMILES string of the molecule is CC(C)c1cnnc(Nc2ccc3ncc(-c4cn(C)nc4NC4CCCCCC4)cc3n2)c1. The van der Waals surface area contributed by atoms with E-state index in [1.807, 2.05) is 36.1 Å². The van der Waals surface area contributed by atoms with Crippen LogP contribution in [0.2, 0.25) is 0 Å². The Bertz CT molecular complexity index is 1270. The first kappa shape index (κ1) is 22.3. The largest absolute Gasteiger partial charge is 0.365 e. The van der Waals surface area contributed by atoms with Gasteiger partial charge in [0.25, 0.3) is 0 Å². The first-order valence-corrected chi connectivity index (χ1v) is 12.2. The maximum absolute atomic E-state index is 4.81. The minimum Gasteiger partial charge on any atom is -0.365 e. The maximum Gasteiger partial charge on any atom is 0.156 e. The zero-order valence-corrected chi connectivity index (χ0v) is 20.1. The summed E-state index contributed by atoms with van der Waals surface area (Å²) < 4.78 is 1.87. The van der Waals surface area contributed by atoms with Crippen LogP contribution < -0.4 is 10.6 Å². The van der Waals surface area contributed by atoms with Crippen LogP contribution in [0.25, 0.3) is 22.2 Å². The van der Waals surface area contributed by atoms with Gasteiger partial charge in [0.15, 0.2) is 11.6 Å². The van der Waals surface area contributed by atoms with E-state index in [1.165, 1.54) is 38.5 Å². The van der Waals surface area contributed by atoms with Gasteiger partial charge in [-0.25, -0.2) is 4.98 Å². The van der Waals surface area contributed by atoms with Gasteiger partial charge < -0.3 is 10.6 Å². The monoisotopic (exact) mass is 456 g/mol. The summed E-state index contributed by atoms with van der Waals surface area (Å²) in [4.78, 5) is 9.48. The Hall–Kier alpha value is -3.55. The second kappa shape index (κ2) is 9.75. The minimum atomic E-state index is 0.382. The Morgan fingerprint density at radius 2 is 1.79 bits per heavy atom. The van der Waals surface area contributed by atoms with Crippen molar-refractivity contribution in [1.82, 2.24) is 29.9 Å². The molecule has 176 valence electrons. The molecule has 4 aromatic rings. The second-order valence-corrected chi connectivity index (χ2v) is 9.51. The summed E-state index contributed by atoms with van der Waals surface area (Å²) in [5, 5.41) is 20.0. The molecule has 0 saturated heterocycles. The molecular weight excluding hydrogens is 424 g/mol. The Labute approximate surface area is 200 Å². The number of aromatic nitrogens is 6. The van der Waals surface area contributed by atoms with Crippen LogP contribution in [0.1, 0.15) is 63.9 Å². The molecule has 0 bridgehead atoms. The normalized spacial score (nSPS) is 14.9. The number of anilines is 3. The highest BCUT2D eigenvalue weighted by Gasteiger charge is 2.17. The predicted octanol–water partition coefficient (Wildman–Crippen LogP) is 5.82. The first-order valence-electron chi connectivity index (χ1n) is 12.2. The molecule has 0 aromatic carbocycles. The number of aryl methyl sites for hydroxylation is 1. The fraction of sp³-hybridized carbons (Fsp3) is 0.423. The zero-order valence-electron chi connectivity index (χ0n) is 20.1. The van der Waals surface area contributed by atoms with Crippen molar-refractivity contribution in [3.8, 4) is 11.1 Å². The zero-order chi connectivity index (χ0) is 23.5. The predicted molar refractivity (Wildman–Crippen MR) is 136 cm³/mol. The Morgan fingerprint density at radius 1 is 0.971 bits per heavy atom. The van der Waals surface area contributed by atoms with Crippen molar-refractivity contribution in [1.29, 1.82) is 0 Å². The molecule has 8 nitrogen and oxygen atoms in total. The lowest BCUT2D eigenvalue weighted by atomic mass is 10.1. The van der Waals surface area contributed by atoms with Gasteiger partial charge in [0.05, 0.1) is 17.2 Å². The number of nitrogens with zero attached hydrogens (tertiary/aromatic N) is 6. The molecule has 0 spiro atoms. The summed E-state index contributed by atoms with van der Waals surface area (Å²) in [6, 6.07) is 8.46. The Morgan fingerprint density at radius 3 is 2.59 bits per heavy atom. The van der Waals surface area contributed by atoms with Gasteiger partial charge >= 0.3 is 0 Å². The quantitative estimate of drug-likeness (QED) is 0.353. The van der Waals surface area contributed by atoms with Gasteiger partial charge in [0, 0.05) is 36.6 Å². The fourth-order valence-corrected chi connectivity index (χ4v) is 4.54. The molecule has 1 fully saturated rings. The molecule has 0 aliphatic heterocycles. The molecule has 34 heavy (non-hydrogen) atoms. The molecule has 1 saturated carbocycles. The lowest BCUT2D eigenvalue weighted by Crippen LogP contribution is -2.19. The van der Waals surface area contributed by atoms with Gasteiger partial charge in [0.2, 0.25) is 0 Å². The summed E-state index contributed by atoms with van der Waals surface area (Å²) in [6.45, 7) is 4.28. The molecule has 0 radical (unpaired) electrons. The molecular formula is C26H32N8. The first-order chi connectivity index (χ1) is 16.5. The number of pyridine rings is 2. The number of hydrogen-bond acceptors (Lipinski definition) is 7. The van der Waals surface area contributed by atoms with Crippen molar-refractivity contribution in [2.45, 2.75) is 64.3 Å². The van der Waals surface area contributed by atoms with Gasteiger partial charge in [-0.15, -0.1) is 5.10 Å². The minimum absolute atomic E-state index is 0.382. The highest BCUT2D eigenvalue weighted by molar-refractivity contribution is 5.84. The third-order valence-electron chi connectivity index (χ3n) is 6.47. The third kappa shape index (κ3) is 5.00. The Balaban J connectivity index is 1.42. The van der Waals surface area contributed by atoms with Crippen LogP contribution >= 0.6 is 0 Å². The highest BCUT2D eigenvalue weighted by Crippen LogP contribution is 2.31. The van der Waals surface area contributed by atoms with E-state index in [-0.39, 0.29) is 0 Å². The topological polar surface area (TPSA) is 93.4 Å². The summed E-state index contributed by atoms with van der Waals surface area (Å²) in [6.07, 6.45) is 13.4. The van der Waals surface area contributed by atoms with Crippen LogP contribution in [-0.2, 0) is 7.05 Å². The number of fused-ring (bicyclic) bond motifs is 1. The van der Waals surface area contributed by atoms with Gasteiger partial charge in [-0.3, -0.25) is 9.67 Å². The molecule has 1 aliphatic carbocycles. The van der Waals surface area contributed by atoms with Gasteiger partial charge in [0.1, 0.15) is 5.82 Å². The van der Waals surface area contributed by atoms with E-state index in [0.29, 0.717) is 23.6 Å². The third-order valence-corrected chi connectivity index (χ3v) is 6.47. The molecule has 4 aromatic heterocycles. The molecule has 0 atom stereocenters. The van der Waals surface area contributed by atoms with E-state index < -0.39 is 0 Å². The average Bonchev–Trinajstić information content (AvgIpc) is 3.02. The molecule has 8 heteroatoms. The van der Waals surface area contributed by atoms with Crippen LogP contribution in [0.15, 0.2) is 42.9 Å². The van der Waals surface area contributed by atoms with Crippen molar-refractivity contribution < 1.29 is 0 Å². The smallest absolute Gasteiger partial charge is 0.156 e. The van der Waals surface area contributed by atoms with Crippen molar-refractivity contribution in [3.63, 3.8) is 0 Å². The van der Waals surface area contributed by atoms with E-state index in [2.05, 4.69) is 51.9 Å². The van der Waals surface area contributed by atoms with Crippen molar-refractivity contribution >= 4 is 28.5 Å².